The van der Waals surface area contributed by atoms with Crippen LogP contribution in [0.15, 0.2) is 0 Å². The Morgan fingerprint density at radius 2 is 1.69 bits per heavy atom. The van der Waals surface area contributed by atoms with E-state index in [2.05, 4.69) is 5.32 Å². The summed E-state index contributed by atoms with van der Waals surface area (Å²) < 4.78 is 0. The van der Waals surface area contributed by atoms with E-state index in [1.165, 1.54) is 6.92 Å². The van der Waals surface area contributed by atoms with E-state index in [9.17, 15) is 4.79 Å². The highest BCUT2D eigenvalue weighted by Gasteiger charge is 2.19. The molecule has 1 aliphatic carbocycles. The summed E-state index contributed by atoms with van der Waals surface area (Å²) in [6, 6.07) is 0.302. The van der Waals surface area contributed by atoms with Crippen LogP contribution in [-0.2, 0) is 4.79 Å². The highest BCUT2D eigenvalue weighted by Crippen LogP contribution is 2.17. The second kappa shape index (κ2) is 6.89. The van der Waals surface area contributed by atoms with Crippen molar-refractivity contribution in [3.05, 3.63) is 0 Å². The molecular weight excluding hydrogens is 166 g/mol. The Hall–Kier alpha value is -0.570. The third kappa shape index (κ3) is 5.64. The quantitative estimate of drug-likeness (QED) is 0.653. The van der Waals surface area contributed by atoms with Crippen LogP contribution in [0.5, 0.6) is 0 Å². The summed E-state index contributed by atoms with van der Waals surface area (Å²) >= 11 is 0. The van der Waals surface area contributed by atoms with Crippen LogP contribution in [0.3, 0.4) is 0 Å². The van der Waals surface area contributed by atoms with Crippen molar-refractivity contribution in [1.82, 2.24) is 5.32 Å². The fourth-order valence-electron chi connectivity index (χ4n) is 1.51. The van der Waals surface area contributed by atoms with Crippen molar-refractivity contribution in [2.24, 2.45) is 0 Å². The number of nitrogens with one attached hydrogen (secondary N) is 1. The fraction of sp³-hybridized carbons (Fsp3) is 0.900. The molecule has 0 bridgehead atoms. The van der Waals surface area contributed by atoms with Crippen molar-refractivity contribution in [3.8, 4) is 0 Å². The molecule has 1 fully saturated rings. The van der Waals surface area contributed by atoms with Gasteiger partial charge < -0.3 is 10.4 Å². The van der Waals surface area contributed by atoms with Crippen molar-refractivity contribution < 1.29 is 9.90 Å². The van der Waals surface area contributed by atoms with Gasteiger partial charge in [0.2, 0.25) is 5.91 Å². The third-order valence-electron chi connectivity index (χ3n) is 2.10. The van der Waals surface area contributed by atoms with Gasteiger partial charge in [-0.1, -0.05) is 13.8 Å². The predicted octanol–water partition coefficient (Wildman–Crippen LogP) is 1.45. The molecular formula is C10H21NO2. The largest absolute Gasteiger partial charge is 0.393 e. The Kier molecular flexibility index (Phi) is 6.59. The molecule has 2 N–H and O–H groups in total. The number of rotatable bonds is 1. The normalized spacial score (nSPS) is 27.1. The van der Waals surface area contributed by atoms with Gasteiger partial charge in [-0.3, -0.25) is 4.79 Å². The number of aliphatic hydroxyl groups excluding tert-OH is 1. The van der Waals surface area contributed by atoms with Gasteiger partial charge in [-0.15, -0.1) is 0 Å². The van der Waals surface area contributed by atoms with Gasteiger partial charge in [0, 0.05) is 13.0 Å². The summed E-state index contributed by atoms with van der Waals surface area (Å²) in [5, 5.41) is 12.0. The summed E-state index contributed by atoms with van der Waals surface area (Å²) in [5.74, 6) is 0.0337. The molecule has 0 aromatic rings. The smallest absolute Gasteiger partial charge is 0.217 e. The zero-order valence-corrected chi connectivity index (χ0v) is 8.84. The maximum absolute atomic E-state index is 10.6. The number of hydrogen-bond acceptors (Lipinski definition) is 2. The van der Waals surface area contributed by atoms with Gasteiger partial charge in [-0.25, -0.2) is 0 Å². The van der Waals surface area contributed by atoms with E-state index < -0.39 is 0 Å². The van der Waals surface area contributed by atoms with Crippen LogP contribution in [0, 0.1) is 0 Å². The Morgan fingerprint density at radius 3 is 2.08 bits per heavy atom. The molecule has 0 heterocycles. The Bertz CT molecular complexity index is 140. The lowest BCUT2D eigenvalue weighted by Crippen LogP contribution is -2.37. The Labute approximate surface area is 80.5 Å². The summed E-state index contributed by atoms with van der Waals surface area (Å²) in [6.07, 6.45) is 3.34. The lowest BCUT2D eigenvalue weighted by atomic mass is 9.93. The van der Waals surface area contributed by atoms with E-state index in [1.54, 1.807) is 0 Å². The maximum atomic E-state index is 10.6. The Balaban J connectivity index is 0.000000671. The van der Waals surface area contributed by atoms with Crippen LogP contribution in [0.25, 0.3) is 0 Å². The van der Waals surface area contributed by atoms with Crippen molar-refractivity contribution >= 4 is 5.91 Å². The van der Waals surface area contributed by atoms with Crippen molar-refractivity contribution in [2.45, 2.75) is 58.6 Å². The molecule has 1 aliphatic rings. The first-order valence-electron chi connectivity index (χ1n) is 5.13. The highest BCUT2D eigenvalue weighted by atomic mass is 16.3. The van der Waals surface area contributed by atoms with E-state index >= 15 is 0 Å². The molecule has 3 nitrogen and oxygen atoms in total. The molecule has 13 heavy (non-hydrogen) atoms. The SMILES string of the molecule is CC.CC(=O)NC1CCC(O)CC1. The van der Waals surface area contributed by atoms with E-state index in [1.807, 2.05) is 13.8 Å². The zero-order valence-electron chi connectivity index (χ0n) is 8.84. The summed E-state index contributed by atoms with van der Waals surface area (Å²) in [4.78, 5) is 10.6. The topological polar surface area (TPSA) is 49.3 Å². The minimum atomic E-state index is -0.139. The first-order chi connectivity index (χ1) is 6.18. The number of aliphatic hydroxyl groups is 1. The van der Waals surface area contributed by atoms with E-state index in [-0.39, 0.29) is 12.0 Å². The molecule has 3 heteroatoms. The van der Waals surface area contributed by atoms with E-state index in [0.29, 0.717) is 6.04 Å². The van der Waals surface area contributed by atoms with Crippen molar-refractivity contribution in [2.75, 3.05) is 0 Å². The molecule has 1 saturated carbocycles. The van der Waals surface area contributed by atoms with Gasteiger partial charge in [-0.05, 0) is 25.7 Å². The average molecular weight is 187 g/mol. The fourth-order valence-corrected chi connectivity index (χ4v) is 1.51. The molecule has 0 spiro atoms. The van der Waals surface area contributed by atoms with E-state index in [4.69, 9.17) is 5.11 Å². The molecule has 0 aromatic carbocycles. The molecule has 0 saturated heterocycles. The second-order valence-corrected chi connectivity index (χ2v) is 3.21. The second-order valence-electron chi connectivity index (χ2n) is 3.21. The first-order valence-corrected chi connectivity index (χ1v) is 5.13. The first kappa shape index (κ1) is 12.4. The van der Waals surface area contributed by atoms with Crippen LogP contribution >= 0.6 is 0 Å². The third-order valence-corrected chi connectivity index (χ3v) is 2.10. The minimum absolute atomic E-state index is 0.0337. The Morgan fingerprint density at radius 1 is 1.23 bits per heavy atom. The van der Waals surface area contributed by atoms with Gasteiger partial charge in [0.05, 0.1) is 6.10 Å². The lowest BCUT2D eigenvalue weighted by molar-refractivity contribution is -0.120. The van der Waals surface area contributed by atoms with Crippen molar-refractivity contribution in [3.63, 3.8) is 0 Å². The van der Waals surface area contributed by atoms with Crippen LogP contribution in [0.4, 0.5) is 0 Å². The van der Waals surface area contributed by atoms with Gasteiger partial charge in [0.25, 0.3) is 0 Å². The predicted molar refractivity (Wildman–Crippen MR) is 53.4 cm³/mol. The summed E-state index contributed by atoms with van der Waals surface area (Å²) in [6.45, 7) is 5.53. The van der Waals surface area contributed by atoms with Crippen LogP contribution in [0.2, 0.25) is 0 Å². The molecule has 1 amide bonds. The molecule has 78 valence electrons. The average Bonchev–Trinajstić information content (AvgIpc) is 2.12. The number of carbonyl (C=O) groups is 1. The summed E-state index contributed by atoms with van der Waals surface area (Å²) in [5.41, 5.74) is 0. The van der Waals surface area contributed by atoms with Gasteiger partial charge >= 0.3 is 0 Å². The van der Waals surface area contributed by atoms with Crippen LogP contribution in [-0.4, -0.2) is 23.2 Å². The van der Waals surface area contributed by atoms with E-state index in [0.717, 1.165) is 25.7 Å². The number of amides is 1. The standard InChI is InChI=1S/C8H15NO2.C2H6/c1-6(10)9-7-2-4-8(11)5-3-7;1-2/h7-8,11H,2-5H2,1H3,(H,9,10);1-2H3. The lowest BCUT2D eigenvalue weighted by Gasteiger charge is -2.25. The monoisotopic (exact) mass is 187 g/mol. The number of hydrogen-bond donors (Lipinski definition) is 2. The van der Waals surface area contributed by atoms with Gasteiger partial charge in [0.1, 0.15) is 0 Å². The summed E-state index contributed by atoms with van der Waals surface area (Å²) in [7, 11) is 0. The number of carbonyl (C=O) groups excluding carboxylic acids is 1. The molecule has 0 atom stereocenters. The molecule has 1 rings (SSSR count). The van der Waals surface area contributed by atoms with Gasteiger partial charge in [0.15, 0.2) is 0 Å². The maximum Gasteiger partial charge on any atom is 0.217 e. The molecule has 0 aromatic heterocycles. The van der Waals surface area contributed by atoms with Crippen molar-refractivity contribution in [1.29, 1.82) is 0 Å². The highest BCUT2D eigenvalue weighted by molar-refractivity contribution is 5.73. The van der Waals surface area contributed by atoms with Crippen LogP contribution < -0.4 is 5.32 Å². The molecule has 0 unspecified atom stereocenters. The molecule has 0 aliphatic heterocycles. The molecule has 0 radical (unpaired) electrons. The zero-order chi connectivity index (χ0) is 10.3. The van der Waals surface area contributed by atoms with Crippen LogP contribution in [0.1, 0.15) is 46.5 Å². The van der Waals surface area contributed by atoms with Gasteiger partial charge in [-0.2, -0.15) is 0 Å². The minimum Gasteiger partial charge on any atom is -0.393 e.